The fraction of sp³-hybridized carbons (Fsp3) is 0.500. The van der Waals surface area contributed by atoms with Crippen molar-refractivity contribution in [3.63, 3.8) is 0 Å². The van der Waals surface area contributed by atoms with E-state index in [2.05, 4.69) is 15.6 Å². The van der Waals surface area contributed by atoms with Gasteiger partial charge >= 0.3 is 5.97 Å². The lowest BCUT2D eigenvalue weighted by atomic mass is 10.4. The Morgan fingerprint density at radius 1 is 1.47 bits per heavy atom. The molecule has 0 aliphatic carbocycles. The minimum absolute atomic E-state index is 0.0294. The molecule has 0 aromatic carbocycles. The topological polar surface area (TPSA) is 91.3 Å². The largest absolute Gasteiger partial charge is 0.476 e. The Labute approximate surface area is 103 Å². The molecule has 0 saturated carbocycles. The lowest BCUT2D eigenvalue weighted by Crippen LogP contribution is -2.34. The van der Waals surface area contributed by atoms with E-state index in [9.17, 15) is 9.59 Å². The van der Waals surface area contributed by atoms with Gasteiger partial charge in [-0.3, -0.25) is 4.79 Å². The molecule has 1 amide bonds. The van der Waals surface area contributed by atoms with E-state index in [1.165, 1.54) is 11.3 Å². The van der Waals surface area contributed by atoms with E-state index in [-0.39, 0.29) is 24.2 Å². The number of hydrogen-bond donors (Lipinski definition) is 3. The number of aromatic carboxylic acids is 1. The number of amides is 1. The summed E-state index contributed by atoms with van der Waals surface area (Å²) in [5.74, 6) is -1.21. The average Bonchev–Trinajstić information content (AvgIpc) is 2.56. The molecule has 0 spiro atoms. The van der Waals surface area contributed by atoms with Gasteiger partial charge in [-0.15, -0.1) is 11.3 Å². The molecule has 0 unspecified atom stereocenters. The van der Waals surface area contributed by atoms with Crippen LogP contribution in [0.5, 0.6) is 0 Å². The number of carbonyl (C=O) groups excluding carboxylic acids is 1. The van der Waals surface area contributed by atoms with Crippen LogP contribution in [0.1, 0.15) is 29.2 Å². The van der Waals surface area contributed by atoms with Crippen LogP contribution in [0.25, 0.3) is 0 Å². The van der Waals surface area contributed by atoms with Crippen molar-refractivity contribution in [3.8, 4) is 0 Å². The zero-order chi connectivity index (χ0) is 13.0. The summed E-state index contributed by atoms with van der Waals surface area (Å²) in [7, 11) is 0. The molecule has 3 N–H and O–H groups in total. The third kappa shape index (κ3) is 4.03. The predicted octanol–water partition coefficient (Wildman–Crippen LogP) is 1.09. The number of anilines is 1. The molecule has 0 aliphatic heterocycles. The zero-order valence-corrected chi connectivity index (χ0v) is 10.7. The molecule has 1 heterocycles. The Morgan fingerprint density at radius 3 is 2.59 bits per heavy atom. The SMILES string of the molecule is Cc1sc(NCC(=O)NC(C)C)nc1C(=O)O. The van der Waals surface area contributed by atoms with E-state index >= 15 is 0 Å². The maximum absolute atomic E-state index is 11.3. The van der Waals surface area contributed by atoms with Gasteiger partial charge in [-0.05, 0) is 20.8 Å². The maximum atomic E-state index is 11.3. The fourth-order valence-corrected chi connectivity index (χ4v) is 2.00. The number of thiazole rings is 1. The molecule has 7 heteroatoms. The molecule has 0 atom stereocenters. The van der Waals surface area contributed by atoms with Crippen LogP contribution < -0.4 is 10.6 Å². The Bertz CT molecular complexity index is 428. The van der Waals surface area contributed by atoms with Crippen molar-refractivity contribution in [2.24, 2.45) is 0 Å². The molecule has 0 bridgehead atoms. The van der Waals surface area contributed by atoms with Crippen LogP contribution in [0, 0.1) is 6.92 Å². The minimum Gasteiger partial charge on any atom is -0.476 e. The number of hydrogen-bond acceptors (Lipinski definition) is 5. The highest BCUT2D eigenvalue weighted by molar-refractivity contribution is 7.15. The summed E-state index contributed by atoms with van der Waals surface area (Å²) in [6.07, 6.45) is 0. The molecule has 94 valence electrons. The predicted molar refractivity (Wildman–Crippen MR) is 65.6 cm³/mol. The second-order valence-corrected chi connectivity index (χ2v) is 5.01. The van der Waals surface area contributed by atoms with Gasteiger partial charge in [0.15, 0.2) is 10.8 Å². The van der Waals surface area contributed by atoms with Crippen LogP contribution in [0.2, 0.25) is 0 Å². The maximum Gasteiger partial charge on any atom is 0.355 e. The Kier molecular flexibility index (Phi) is 4.45. The Hall–Kier alpha value is -1.63. The standard InChI is InChI=1S/C10H15N3O3S/c1-5(2)12-7(14)4-11-10-13-8(9(15)16)6(3)17-10/h5H,4H2,1-3H3,(H,11,13)(H,12,14)(H,15,16). The highest BCUT2D eigenvalue weighted by Gasteiger charge is 2.14. The molecular weight excluding hydrogens is 242 g/mol. The van der Waals surface area contributed by atoms with Gasteiger partial charge in [0.25, 0.3) is 0 Å². The summed E-state index contributed by atoms with van der Waals surface area (Å²) in [4.78, 5) is 26.6. The van der Waals surface area contributed by atoms with Crippen molar-refractivity contribution in [1.82, 2.24) is 10.3 Å². The smallest absolute Gasteiger partial charge is 0.355 e. The number of nitrogens with one attached hydrogen (secondary N) is 2. The molecule has 1 aromatic rings. The van der Waals surface area contributed by atoms with Gasteiger partial charge in [-0.2, -0.15) is 0 Å². The molecule has 17 heavy (non-hydrogen) atoms. The molecule has 6 nitrogen and oxygen atoms in total. The van der Waals surface area contributed by atoms with Crippen molar-refractivity contribution < 1.29 is 14.7 Å². The lowest BCUT2D eigenvalue weighted by Gasteiger charge is -2.08. The van der Waals surface area contributed by atoms with Gasteiger partial charge in [0.2, 0.25) is 5.91 Å². The van der Waals surface area contributed by atoms with Crippen LogP contribution in [-0.4, -0.2) is 34.6 Å². The highest BCUT2D eigenvalue weighted by Crippen LogP contribution is 2.21. The van der Waals surface area contributed by atoms with E-state index in [0.29, 0.717) is 10.0 Å². The van der Waals surface area contributed by atoms with Crippen LogP contribution in [0.4, 0.5) is 5.13 Å². The van der Waals surface area contributed by atoms with Crippen LogP contribution in [-0.2, 0) is 4.79 Å². The van der Waals surface area contributed by atoms with E-state index in [0.717, 1.165) is 0 Å². The highest BCUT2D eigenvalue weighted by atomic mass is 32.1. The van der Waals surface area contributed by atoms with Gasteiger partial charge in [0.05, 0.1) is 6.54 Å². The molecule has 0 fully saturated rings. The third-order valence-electron chi connectivity index (χ3n) is 1.85. The Balaban J connectivity index is 2.55. The van der Waals surface area contributed by atoms with Gasteiger partial charge in [-0.25, -0.2) is 9.78 Å². The first-order valence-corrected chi connectivity index (χ1v) is 5.95. The van der Waals surface area contributed by atoms with Crippen LogP contribution >= 0.6 is 11.3 Å². The molecule has 1 rings (SSSR count). The monoisotopic (exact) mass is 257 g/mol. The molecule has 0 aliphatic rings. The average molecular weight is 257 g/mol. The fourth-order valence-electron chi connectivity index (χ4n) is 1.20. The quantitative estimate of drug-likeness (QED) is 0.734. The van der Waals surface area contributed by atoms with Crippen molar-refractivity contribution >= 4 is 28.3 Å². The number of aryl methyl sites for hydroxylation is 1. The van der Waals surface area contributed by atoms with Crippen LogP contribution in [0.15, 0.2) is 0 Å². The lowest BCUT2D eigenvalue weighted by molar-refractivity contribution is -0.119. The molecular formula is C10H15N3O3S. The molecule has 0 saturated heterocycles. The number of nitrogens with zero attached hydrogens (tertiary/aromatic N) is 1. The van der Waals surface area contributed by atoms with E-state index in [4.69, 9.17) is 5.11 Å². The minimum atomic E-state index is -1.06. The number of carbonyl (C=O) groups is 2. The van der Waals surface area contributed by atoms with Crippen molar-refractivity contribution in [3.05, 3.63) is 10.6 Å². The number of carboxylic acid groups (broad SMARTS) is 1. The van der Waals surface area contributed by atoms with Crippen molar-refractivity contribution in [2.75, 3.05) is 11.9 Å². The first kappa shape index (κ1) is 13.4. The number of aromatic nitrogens is 1. The second-order valence-electron chi connectivity index (χ2n) is 3.80. The number of carboxylic acids is 1. The van der Waals surface area contributed by atoms with Gasteiger partial charge in [0.1, 0.15) is 0 Å². The van der Waals surface area contributed by atoms with Crippen molar-refractivity contribution in [1.29, 1.82) is 0 Å². The van der Waals surface area contributed by atoms with Gasteiger partial charge in [-0.1, -0.05) is 0 Å². The second kappa shape index (κ2) is 5.62. The van der Waals surface area contributed by atoms with Crippen molar-refractivity contribution in [2.45, 2.75) is 26.8 Å². The first-order chi connectivity index (χ1) is 7.90. The Morgan fingerprint density at radius 2 is 2.12 bits per heavy atom. The summed E-state index contributed by atoms with van der Waals surface area (Å²) in [6.45, 7) is 5.51. The summed E-state index contributed by atoms with van der Waals surface area (Å²) in [6, 6.07) is 0.0805. The van der Waals surface area contributed by atoms with Crippen LogP contribution in [0.3, 0.4) is 0 Å². The van der Waals surface area contributed by atoms with Gasteiger partial charge in [0, 0.05) is 10.9 Å². The normalized spacial score (nSPS) is 10.4. The summed E-state index contributed by atoms with van der Waals surface area (Å²) < 4.78 is 0. The summed E-state index contributed by atoms with van der Waals surface area (Å²) in [5, 5.41) is 14.8. The first-order valence-electron chi connectivity index (χ1n) is 5.14. The zero-order valence-electron chi connectivity index (χ0n) is 9.90. The summed E-state index contributed by atoms with van der Waals surface area (Å²) >= 11 is 1.22. The third-order valence-corrected chi connectivity index (χ3v) is 2.78. The van der Waals surface area contributed by atoms with E-state index in [1.54, 1.807) is 6.92 Å². The van der Waals surface area contributed by atoms with E-state index in [1.807, 2.05) is 13.8 Å². The van der Waals surface area contributed by atoms with E-state index < -0.39 is 5.97 Å². The summed E-state index contributed by atoms with van der Waals surface area (Å²) in [5.41, 5.74) is 0.0294. The molecule has 0 radical (unpaired) electrons. The molecule has 1 aromatic heterocycles. The number of rotatable bonds is 5. The van der Waals surface area contributed by atoms with Gasteiger partial charge < -0.3 is 15.7 Å².